The smallest absolute Gasteiger partial charge is 0.338 e. The Morgan fingerprint density at radius 2 is 1.65 bits per heavy atom. The van der Waals surface area contributed by atoms with Gasteiger partial charge in [-0.3, -0.25) is 10.1 Å². The minimum Gasteiger partial charge on any atom is -0.438 e. The molecule has 26 heavy (non-hydrogen) atoms. The summed E-state index contributed by atoms with van der Waals surface area (Å²) in [6.45, 7) is 4.55. The van der Waals surface area contributed by atoms with Crippen LogP contribution in [-0.2, 0) is 14.2 Å². The fourth-order valence-corrected chi connectivity index (χ4v) is 3.05. The predicted molar refractivity (Wildman–Crippen MR) is 97.3 cm³/mol. The summed E-state index contributed by atoms with van der Waals surface area (Å²) in [4.78, 5) is 10.5. The van der Waals surface area contributed by atoms with Crippen LogP contribution in [0.15, 0.2) is 60.7 Å². The van der Waals surface area contributed by atoms with E-state index in [0.29, 0.717) is 19.0 Å². The van der Waals surface area contributed by atoms with Gasteiger partial charge in [-0.1, -0.05) is 42.5 Å². The first-order valence-electron chi connectivity index (χ1n) is 8.58. The maximum atomic E-state index is 10.9. The Morgan fingerprint density at radius 1 is 1.04 bits per heavy atom. The van der Waals surface area contributed by atoms with Gasteiger partial charge >= 0.3 is 5.97 Å². The highest BCUT2D eigenvalue weighted by Gasteiger charge is 2.49. The number of non-ortho nitro benzene ring substituents is 1. The number of hydrogen-bond acceptors (Lipinski definition) is 5. The second-order valence-corrected chi connectivity index (χ2v) is 5.79. The van der Waals surface area contributed by atoms with E-state index in [4.69, 9.17) is 14.2 Å². The van der Waals surface area contributed by atoms with Gasteiger partial charge in [-0.2, -0.15) is 0 Å². The Morgan fingerprint density at radius 3 is 2.19 bits per heavy atom. The van der Waals surface area contributed by atoms with Crippen LogP contribution in [0, 0.1) is 10.1 Å². The molecule has 1 atom stereocenters. The van der Waals surface area contributed by atoms with Crippen molar-refractivity contribution >= 4 is 11.4 Å². The summed E-state index contributed by atoms with van der Waals surface area (Å²) in [5, 5.41) is 10.9. The van der Waals surface area contributed by atoms with Crippen molar-refractivity contribution in [2.24, 2.45) is 0 Å². The summed E-state index contributed by atoms with van der Waals surface area (Å²) in [5.41, 5.74) is 1.78. The number of ether oxygens (including phenoxy) is 3. The van der Waals surface area contributed by atoms with Crippen LogP contribution in [0.25, 0.3) is 5.76 Å². The Labute approximate surface area is 152 Å². The van der Waals surface area contributed by atoms with Gasteiger partial charge in [-0.05, 0) is 25.5 Å². The van der Waals surface area contributed by atoms with E-state index in [1.807, 2.05) is 50.3 Å². The van der Waals surface area contributed by atoms with Crippen molar-refractivity contribution < 1.29 is 19.1 Å². The van der Waals surface area contributed by atoms with E-state index in [2.05, 4.69) is 0 Å². The van der Waals surface area contributed by atoms with E-state index in [1.54, 1.807) is 12.1 Å². The molecule has 136 valence electrons. The van der Waals surface area contributed by atoms with Gasteiger partial charge in [0, 0.05) is 17.7 Å². The summed E-state index contributed by atoms with van der Waals surface area (Å²) >= 11 is 0. The van der Waals surface area contributed by atoms with E-state index in [-0.39, 0.29) is 11.6 Å². The van der Waals surface area contributed by atoms with Crippen molar-refractivity contribution in [3.8, 4) is 0 Å². The topological polar surface area (TPSA) is 70.8 Å². The molecule has 0 spiro atoms. The number of nitro benzene ring substituents is 1. The Balaban J connectivity index is 2.02. The first kappa shape index (κ1) is 18.1. The lowest BCUT2D eigenvalue weighted by molar-refractivity contribution is -0.384. The van der Waals surface area contributed by atoms with Crippen LogP contribution in [0.1, 0.15) is 30.9 Å². The highest BCUT2D eigenvalue weighted by atomic mass is 16.9. The molecule has 0 fully saturated rings. The molecule has 1 aliphatic heterocycles. The van der Waals surface area contributed by atoms with Crippen LogP contribution >= 0.6 is 0 Å². The summed E-state index contributed by atoms with van der Waals surface area (Å²) < 4.78 is 17.9. The van der Waals surface area contributed by atoms with Gasteiger partial charge in [0.25, 0.3) is 5.69 Å². The van der Waals surface area contributed by atoms with Crippen LogP contribution in [-0.4, -0.2) is 24.1 Å². The molecule has 0 radical (unpaired) electrons. The summed E-state index contributed by atoms with van der Waals surface area (Å²) in [6, 6.07) is 16.1. The maximum absolute atomic E-state index is 10.9. The fourth-order valence-electron chi connectivity index (χ4n) is 3.05. The molecule has 3 rings (SSSR count). The number of benzene rings is 2. The number of hydrogen-bond donors (Lipinski definition) is 0. The zero-order chi connectivity index (χ0) is 18.6. The van der Waals surface area contributed by atoms with E-state index in [1.165, 1.54) is 12.1 Å². The molecule has 6 nitrogen and oxygen atoms in total. The third-order valence-corrected chi connectivity index (χ3v) is 4.16. The van der Waals surface area contributed by atoms with Crippen LogP contribution < -0.4 is 0 Å². The SMILES string of the molecule is CCOC1(OCC)OC(c2ccccc2)=CC1c1ccc([N+](=O)[O-])cc1. The molecule has 0 bridgehead atoms. The number of nitro groups is 1. The van der Waals surface area contributed by atoms with Gasteiger partial charge in [0.15, 0.2) is 0 Å². The van der Waals surface area contributed by atoms with Gasteiger partial charge in [0.2, 0.25) is 0 Å². The Kier molecular flexibility index (Phi) is 5.35. The molecule has 1 unspecified atom stereocenters. The molecule has 0 amide bonds. The van der Waals surface area contributed by atoms with Gasteiger partial charge in [-0.15, -0.1) is 0 Å². The van der Waals surface area contributed by atoms with Crippen molar-refractivity contribution in [3.63, 3.8) is 0 Å². The molecule has 2 aromatic carbocycles. The minimum absolute atomic E-state index is 0.0401. The molecule has 0 aliphatic carbocycles. The molecule has 6 heteroatoms. The van der Waals surface area contributed by atoms with Gasteiger partial charge < -0.3 is 14.2 Å². The first-order chi connectivity index (χ1) is 12.6. The predicted octanol–water partition coefficient (Wildman–Crippen LogP) is 4.48. The third-order valence-electron chi connectivity index (χ3n) is 4.16. The molecule has 1 heterocycles. The molecular weight excluding hydrogens is 334 g/mol. The number of rotatable bonds is 7. The van der Waals surface area contributed by atoms with E-state index in [0.717, 1.165) is 11.1 Å². The molecular formula is C20H21NO5. The standard InChI is InChI=1S/C20H21NO5/c1-3-24-20(25-4-2)18(15-10-12-17(13-11-15)21(22)23)14-19(26-20)16-8-6-5-7-9-16/h5-14,18H,3-4H2,1-2H3. The summed E-state index contributed by atoms with van der Waals surface area (Å²) in [6.07, 6.45) is 1.95. The van der Waals surface area contributed by atoms with Crippen LogP contribution in [0.3, 0.4) is 0 Å². The first-order valence-corrected chi connectivity index (χ1v) is 8.58. The monoisotopic (exact) mass is 355 g/mol. The average Bonchev–Trinajstić information content (AvgIpc) is 3.02. The second-order valence-electron chi connectivity index (χ2n) is 5.79. The zero-order valence-electron chi connectivity index (χ0n) is 14.8. The second kappa shape index (κ2) is 7.68. The highest BCUT2D eigenvalue weighted by Crippen LogP contribution is 2.46. The van der Waals surface area contributed by atoms with Gasteiger partial charge in [-0.25, -0.2) is 0 Å². The Bertz CT molecular complexity index is 780. The van der Waals surface area contributed by atoms with Crippen LogP contribution in [0.5, 0.6) is 0 Å². The lowest BCUT2D eigenvalue weighted by atomic mass is 9.96. The van der Waals surface area contributed by atoms with Gasteiger partial charge in [0.05, 0.1) is 18.1 Å². The van der Waals surface area contributed by atoms with Crippen molar-refractivity contribution in [2.45, 2.75) is 25.7 Å². The summed E-state index contributed by atoms with van der Waals surface area (Å²) in [7, 11) is 0. The minimum atomic E-state index is -1.29. The highest BCUT2D eigenvalue weighted by molar-refractivity contribution is 5.64. The van der Waals surface area contributed by atoms with Crippen LogP contribution in [0.2, 0.25) is 0 Å². The summed E-state index contributed by atoms with van der Waals surface area (Å²) in [5.74, 6) is -0.973. The largest absolute Gasteiger partial charge is 0.438 e. The third kappa shape index (κ3) is 3.47. The van der Waals surface area contributed by atoms with Crippen molar-refractivity contribution in [3.05, 3.63) is 81.9 Å². The van der Waals surface area contributed by atoms with Crippen molar-refractivity contribution in [2.75, 3.05) is 13.2 Å². The molecule has 0 saturated heterocycles. The maximum Gasteiger partial charge on any atom is 0.338 e. The van der Waals surface area contributed by atoms with Crippen molar-refractivity contribution in [1.29, 1.82) is 0 Å². The zero-order valence-corrected chi connectivity index (χ0v) is 14.8. The van der Waals surface area contributed by atoms with E-state index < -0.39 is 10.9 Å². The fraction of sp³-hybridized carbons (Fsp3) is 0.300. The quantitative estimate of drug-likeness (QED) is 0.416. The molecule has 0 aromatic heterocycles. The van der Waals surface area contributed by atoms with Crippen LogP contribution in [0.4, 0.5) is 5.69 Å². The molecule has 0 saturated carbocycles. The average molecular weight is 355 g/mol. The number of nitrogens with zero attached hydrogens (tertiary/aromatic N) is 1. The lowest BCUT2D eigenvalue weighted by Crippen LogP contribution is -2.41. The normalized spacial score (nSPS) is 18.2. The van der Waals surface area contributed by atoms with E-state index in [9.17, 15) is 10.1 Å². The Hall–Kier alpha value is -2.70. The van der Waals surface area contributed by atoms with Gasteiger partial charge in [0.1, 0.15) is 11.7 Å². The van der Waals surface area contributed by atoms with E-state index >= 15 is 0 Å². The molecule has 1 aliphatic rings. The molecule has 0 N–H and O–H groups in total. The van der Waals surface area contributed by atoms with Crippen molar-refractivity contribution in [1.82, 2.24) is 0 Å². The molecule has 2 aromatic rings. The lowest BCUT2D eigenvalue weighted by Gasteiger charge is -2.33.